The molecule has 9 heteroatoms. The summed E-state index contributed by atoms with van der Waals surface area (Å²) in [5.74, 6) is 2.24. The highest BCUT2D eigenvalue weighted by Crippen LogP contribution is 2.35. The molecular formula is C25H14N6O2S. The van der Waals surface area contributed by atoms with Gasteiger partial charge in [0, 0.05) is 23.7 Å². The molecule has 162 valence electrons. The largest absolute Gasteiger partial charge is 0.455 e. The minimum atomic E-state index is -0.0344. The van der Waals surface area contributed by atoms with E-state index in [1.165, 1.54) is 23.5 Å². The number of aromatic nitrogens is 2. The van der Waals surface area contributed by atoms with Crippen molar-refractivity contribution in [3.05, 3.63) is 64.4 Å². The zero-order valence-corrected chi connectivity index (χ0v) is 18.6. The van der Waals surface area contributed by atoms with Crippen LogP contribution in [0, 0.1) is 45.3 Å². The first-order valence-corrected chi connectivity index (χ1v) is 10.8. The Bertz CT molecular complexity index is 1570. The number of allylic oxidation sites excluding steroid dienone is 2. The van der Waals surface area contributed by atoms with Gasteiger partial charge in [-0.05, 0) is 49.4 Å². The summed E-state index contributed by atoms with van der Waals surface area (Å²) >= 11 is 1.32. The van der Waals surface area contributed by atoms with Crippen molar-refractivity contribution in [3.63, 3.8) is 0 Å². The van der Waals surface area contributed by atoms with Crippen LogP contribution in [0.2, 0.25) is 0 Å². The Balaban J connectivity index is 1.64. The second-order valence-corrected chi connectivity index (χ2v) is 7.91. The van der Waals surface area contributed by atoms with Gasteiger partial charge >= 0.3 is 0 Å². The molecule has 4 aromatic rings. The van der Waals surface area contributed by atoms with Crippen molar-refractivity contribution in [1.82, 2.24) is 9.55 Å². The summed E-state index contributed by atoms with van der Waals surface area (Å²) in [6, 6.07) is 18.3. The fourth-order valence-corrected chi connectivity index (χ4v) is 4.15. The standard InChI is InChI=1S/C25H14N6O2S/c1-2-31-20(22-6-3-18(32-22)9-16(11-26)12-27)4-5-21(31)23-7-8-24(33-23)25-30-15-19(34-25)10-17(13-28)14-29/h3-10,15H,2H2,1H3. The van der Waals surface area contributed by atoms with Crippen molar-refractivity contribution in [1.29, 1.82) is 21.0 Å². The molecular weight excluding hydrogens is 448 g/mol. The Labute approximate surface area is 198 Å². The van der Waals surface area contributed by atoms with E-state index in [4.69, 9.17) is 29.9 Å². The monoisotopic (exact) mass is 462 g/mol. The smallest absolute Gasteiger partial charge is 0.163 e. The molecule has 4 rings (SSSR count). The summed E-state index contributed by atoms with van der Waals surface area (Å²) < 4.78 is 13.9. The average Bonchev–Trinajstić information content (AvgIpc) is 3.66. The molecule has 0 aromatic carbocycles. The van der Waals surface area contributed by atoms with Crippen LogP contribution >= 0.6 is 11.3 Å². The number of nitrogens with zero attached hydrogens (tertiary/aromatic N) is 6. The molecule has 0 amide bonds. The number of furan rings is 2. The SMILES string of the molecule is CCn1c(-c2ccc(C=C(C#N)C#N)o2)ccc1-c1ccc(-c2ncc(C=C(C#N)C#N)s2)o1. The third-order valence-corrected chi connectivity index (χ3v) is 5.78. The zero-order chi connectivity index (χ0) is 24.1. The van der Waals surface area contributed by atoms with E-state index in [0.717, 1.165) is 11.4 Å². The molecule has 8 nitrogen and oxygen atoms in total. The second-order valence-electron chi connectivity index (χ2n) is 6.85. The number of nitriles is 4. The molecule has 0 N–H and O–H groups in total. The van der Waals surface area contributed by atoms with E-state index < -0.39 is 0 Å². The van der Waals surface area contributed by atoms with Gasteiger partial charge in [0.25, 0.3) is 0 Å². The Kier molecular flexibility index (Phi) is 6.24. The van der Waals surface area contributed by atoms with Crippen LogP contribution in [-0.4, -0.2) is 9.55 Å². The van der Waals surface area contributed by atoms with Gasteiger partial charge < -0.3 is 13.4 Å². The molecule has 0 radical (unpaired) electrons. The van der Waals surface area contributed by atoms with E-state index in [2.05, 4.69) is 4.98 Å². The zero-order valence-electron chi connectivity index (χ0n) is 17.8. The van der Waals surface area contributed by atoms with Gasteiger partial charge in [0.15, 0.2) is 22.3 Å². The molecule has 0 unspecified atom stereocenters. The molecule has 0 aliphatic heterocycles. The van der Waals surface area contributed by atoms with Gasteiger partial charge in [-0.3, -0.25) is 0 Å². The average molecular weight is 462 g/mol. The molecule has 34 heavy (non-hydrogen) atoms. The van der Waals surface area contributed by atoms with Crippen LogP contribution < -0.4 is 0 Å². The normalized spacial score (nSPS) is 9.91. The van der Waals surface area contributed by atoms with E-state index in [1.54, 1.807) is 18.3 Å². The summed E-state index contributed by atoms with van der Waals surface area (Å²) in [5.41, 5.74) is 1.65. The van der Waals surface area contributed by atoms with Crippen molar-refractivity contribution in [2.24, 2.45) is 0 Å². The molecule has 0 aliphatic carbocycles. The van der Waals surface area contributed by atoms with Gasteiger partial charge in [-0.15, -0.1) is 11.3 Å². The van der Waals surface area contributed by atoms with E-state index in [1.807, 2.05) is 60.0 Å². The van der Waals surface area contributed by atoms with Gasteiger partial charge in [0.1, 0.15) is 41.2 Å². The first-order chi connectivity index (χ1) is 16.6. The lowest BCUT2D eigenvalue weighted by Crippen LogP contribution is -1.98. The van der Waals surface area contributed by atoms with E-state index in [9.17, 15) is 0 Å². The van der Waals surface area contributed by atoms with Crippen LogP contribution in [0.1, 0.15) is 17.6 Å². The molecule has 4 heterocycles. The third-order valence-electron chi connectivity index (χ3n) is 4.82. The number of hydrogen-bond acceptors (Lipinski definition) is 8. The quantitative estimate of drug-likeness (QED) is 0.319. The molecule has 0 aliphatic rings. The summed E-state index contributed by atoms with van der Waals surface area (Å²) in [6.07, 6.45) is 4.48. The molecule has 0 fully saturated rings. The Morgan fingerprint density at radius 1 is 0.853 bits per heavy atom. The molecule has 0 saturated heterocycles. The third kappa shape index (κ3) is 4.29. The summed E-state index contributed by atoms with van der Waals surface area (Å²) in [4.78, 5) is 5.02. The lowest BCUT2D eigenvalue weighted by molar-refractivity contribution is 0.561. The number of thiazole rings is 1. The van der Waals surface area contributed by atoms with E-state index in [0.29, 0.717) is 39.5 Å². The minimum absolute atomic E-state index is 0.0108. The van der Waals surface area contributed by atoms with Gasteiger partial charge in [0.2, 0.25) is 0 Å². The van der Waals surface area contributed by atoms with Crippen molar-refractivity contribution in [3.8, 4) is 58.0 Å². The predicted molar refractivity (Wildman–Crippen MR) is 125 cm³/mol. The summed E-state index contributed by atoms with van der Waals surface area (Å²) in [5, 5.41) is 36.4. The first-order valence-electron chi connectivity index (χ1n) is 10.00. The Morgan fingerprint density at radius 2 is 1.44 bits per heavy atom. The number of rotatable bonds is 6. The van der Waals surface area contributed by atoms with Crippen molar-refractivity contribution in [2.75, 3.05) is 0 Å². The maximum absolute atomic E-state index is 8.94. The van der Waals surface area contributed by atoms with Crippen molar-refractivity contribution >= 4 is 23.5 Å². The predicted octanol–water partition coefficient (Wildman–Crippen LogP) is 6.01. The fraction of sp³-hybridized carbons (Fsp3) is 0.0800. The van der Waals surface area contributed by atoms with Crippen molar-refractivity contribution in [2.45, 2.75) is 13.5 Å². The van der Waals surface area contributed by atoms with Gasteiger partial charge in [-0.2, -0.15) is 21.0 Å². The van der Waals surface area contributed by atoms with E-state index in [-0.39, 0.29) is 11.1 Å². The van der Waals surface area contributed by atoms with Crippen LogP contribution in [0.25, 0.3) is 45.8 Å². The molecule has 0 saturated carbocycles. The molecule has 0 bridgehead atoms. The minimum Gasteiger partial charge on any atom is -0.455 e. The molecule has 0 atom stereocenters. The van der Waals surface area contributed by atoms with Gasteiger partial charge in [0.05, 0.1) is 11.4 Å². The van der Waals surface area contributed by atoms with E-state index >= 15 is 0 Å². The topological polar surface area (TPSA) is 139 Å². The highest BCUT2D eigenvalue weighted by Gasteiger charge is 2.17. The number of hydrogen-bond donors (Lipinski definition) is 0. The van der Waals surface area contributed by atoms with Crippen LogP contribution in [0.4, 0.5) is 0 Å². The Hall–Kier alpha value is -5.09. The van der Waals surface area contributed by atoms with Crippen molar-refractivity contribution < 1.29 is 8.83 Å². The lowest BCUT2D eigenvalue weighted by Gasteiger charge is -2.08. The van der Waals surface area contributed by atoms with Gasteiger partial charge in [-0.25, -0.2) is 4.98 Å². The summed E-state index contributed by atoms with van der Waals surface area (Å²) in [6.45, 7) is 2.66. The first kappa shape index (κ1) is 22.1. The van der Waals surface area contributed by atoms with Crippen LogP contribution in [0.5, 0.6) is 0 Å². The summed E-state index contributed by atoms with van der Waals surface area (Å²) in [7, 11) is 0. The van der Waals surface area contributed by atoms with Crippen LogP contribution in [0.15, 0.2) is 62.6 Å². The highest BCUT2D eigenvalue weighted by molar-refractivity contribution is 7.15. The molecule has 0 spiro atoms. The van der Waals surface area contributed by atoms with Crippen LogP contribution in [0.3, 0.4) is 0 Å². The van der Waals surface area contributed by atoms with Crippen LogP contribution in [-0.2, 0) is 6.54 Å². The second kappa shape index (κ2) is 9.59. The maximum Gasteiger partial charge on any atom is 0.163 e. The fourth-order valence-electron chi connectivity index (χ4n) is 3.33. The Morgan fingerprint density at radius 3 is 2.09 bits per heavy atom. The molecule has 4 aromatic heterocycles. The highest BCUT2D eigenvalue weighted by atomic mass is 32.1. The maximum atomic E-state index is 8.94. The lowest BCUT2D eigenvalue weighted by atomic mass is 10.2. The van der Waals surface area contributed by atoms with Gasteiger partial charge in [-0.1, -0.05) is 0 Å².